The Morgan fingerprint density at radius 3 is 1.80 bits per heavy atom. The minimum Gasteiger partial charge on any atom is -0.395 e. The number of phosphoric acid groups is 1. The van der Waals surface area contributed by atoms with Crippen molar-refractivity contribution in [3.05, 3.63) is 0 Å². The molecule has 0 spiro atoms. The van der Waals surface area contributed by atoms with E-state index in [9.17, 15) is 9.36 Å². The zero-order valence-corrected chi connectivity index (χ0v) is 9.18. The Hall–Kier alpha value is -0.500. The topological polar surface area (TPSA) is 136 Å². The third-order valence-corrected chi connectivity index (χ3v) is 1.32. The van der Waals surface area contributed by atoms with Crippen molar-refractivity contribution >= 4 is 13.8 Å². The molecule has 0 saturated heterocycles. The van der Waals surface area contributed by atoms with Crippen LogP contribution in [0.15, 0.2) is 0 Å². The second-order valence-corrected chi connectivity index (χ2v) is 3.43. The van der Waals surface area contributed by atoms with Crippen LogP contribution < -0.4 is 5.32 Å². The summed E-state index contributed by atoms with van der Waals surface area (Å²) in [6.45, 7) is 2.33. The van der Waals surface area contributed by atoms with Crippen molar-refractivity contribution in [2.24, 2.45) is 0 Å². The summed E-state index contributed by atoms with van der Waals surface area (Å²) in [4.78, 5) is 25.5. The molecule has 0 radical (unpaired) electrons. The summed E-state index contributed by atoms with van der Waals surface area (Å²) >= 11 is 0. The minimum absolute atomic E-state index is 0.139. The highest BCUT2D eigenvalue weighted by Gasteiger charge is 2.16. The Kier molecular flexibility index (Phi) is 11.3. The number of phosphoric ester groups is 1. The summed E-state index contributed by atoms with van der Waals surface area (Å²) in [5, 5.41) is 19.1. The molecule has 9 heteroatoms. The first-order valence-corrected chi connectivity index (χ1v) is 5.54. The van der Waals surface area contributed by atoms with Crippen LogP contribution in [0.1, 0.15) is 6.92 Å². The van der Waals surface area contributed by atoms with Crippen LogP contribution >= 0.6 is 7.82 Å². The lowest BCUT2D eigenvalue weighted by atomic mass is 10.6. The maximum absolute atomic E-state index is 9.74. The van der Waals surface area contributed by atoms with Crippen molar-refractivity contribution in [1.82, 2.24) is 5.32 Å². The molecule has 92 valence electrons. The second kappa shape index (κ2) is 10.0. The third-order valence-electron chi connectivity index (χ3n) is 0.825. The molecule has 0 amide bonds. The Morgan fingerprint density at radius 1 is 1.27 bits per heavy atom. The van der Waals surface area contributed by atoms with Gasteiger partial charge in [-0.1, -0.05) is 0 Å². The van der Waals surface area contributed by atoms with Crippen molar-refractivity contribution in [3.8, 4) is 0 Å². The highest BCUT2D eigenvalue weighted by atomic mass is 31.2. The van der Waals surface area contributed by atoms with Crippen LogP contribution in [-0.2, 0) is 13.9 Å². The molecule has 0 aliphatic carbocycles. The molecule has 0 saturated carbocycles. The minimum atomic E-state index is -4.57. The van der Waals surface area contributed by atoms with Gasteiger partial charge in [0, 0.05) is 20.0 Å². The fraction of sp³-hybridized carbons (Fsp3) is 0.833. The van der Waals surface area contributed by atoms with Gasteiger partial charge in [0.05, 0.1) is 13.2 Å². The lowest BCUT2D eigenvalue weighted by Crippen LogP contribution is -2.21. The first kappa shape index (κ1) is 16.9. The first-order chi connectivity index (χ1) is 6.83. The SMILES string of the molecule is CC(=O)OP(=O)(O)O.OCCNCCO. The monoisotopic (exact) mass is 245 g/mol. The molecule has 0 heterocycles. The molecule has 0 aromatic rings. The van der Waals surface area contributed by atoms with Gasteiger partial charge in [-0.2, -0.15) is 0 Å². The van der Waals surface area contributed by atoms with E-state index >= 15 is 0 Å². The number of nitrogens with one attached hydrogen (secondary N) is 1. The van der Waals surface area contributed by atoms with Crippen LogP contribution in [0.2, 0.25) is 0 Å². The summed E-state index contributed by atoms with van der Waals surface area (Å²) in [7, 11) is -4.57. The fourth-order valence-corrected chi connectivity index (χ4v) is 0.786. The second-order valence-electron chi connectivity index (χ2n) is 2.27. The average molecular weight is 245 g/mol. The Morgan fingerprint density at radius 2 is 1.67 bits per heavy atom. The number of carbonyl (C=O) groups is 1. The summed E-state index contributed by atoms with van der Waals surface area (Å²) < 4.78 is 13.2. The molecule has 5 N–H and O–H groups in total. The van der Waals surface area contributed by atoms with Crippen molar-refractivity contribution in [2.45, 2.75) is 6.92 Å². The molecule has 0 aliphatic heterocycles. The van der Waals surface area contributed by atoms with Gasteiger partial charge >= 0.3 is 13.8 Å². The van der Waals surface area contributed by atoms with E-state index in [4.69, 9.17) is 20.0 Å². The molecule has 0 rings (SSSR count). The molecule has 0 bridgehead atoms. The summed E-state index contributed by atoms with van der Waals surface area (Å²) in [6, 6.07) is 0. The molecule has 0 fully saturated rings. The lowest BCUT2D eigenvalue weighted by molar-refractivity contribution is -0.133. The molecule has 15 heavy (non-hydrogen) atoms. The van der Waals surface area contributed by atoms with Crippen LogP contribution in [0.5, 0.6) is 0 Å². The number of rotatable bonds is 5. The summed E-state index contributed by atoms with van der Waals surface area (Å²) in [5.41, 5.74) is 0. The van der Waals surface area contributed by atoms with Gasteiger partial charge in [-0.15, -0.1) is 0 Å². The van der Waals surface area contributed by atoms with Gasteiger partial charge in [0.1, 0.15) is 0 Å². The van der Waals surface area contributed by atoms with E-state index in [-0.39, 0.29) is 13.2 Å². The number of aliphatic hydroxyl groups is 2. The van der Waals surface area contributed by atoms with Crippen LogP contribution in [-0.4, -0.2) is 52.3 Å². The highest BCUT2D eigenvalue weighted by Crippen LogP contribution is 2.35. The Balaban J connectivity index is 0. The maximum Gasteiger partial charge on any atom is 0.526 e. The average Bonchev–Trinajstić information content (AvgIpc) is 2.01. The third kappa shape index (κ3) is 24.7. The van der Waals surface area contributed by atoms with E-state index < -0.39 is 13.8 Å². The summed E-state index contributed by atoms with van der Waals surface area (Å²) in [5.74, 6) is -0.988. The number of hydrogen-bond donors (Lipinski definition) is 5. The van der Waals surface area contributed by atoms with E-state index in [1.165, 1.54) is 0 Å². The van der Waals surface area contributed by atoms with E-state index in [0.717, 1.165) is 6.92 Å². The van der Waals surface area contributed by atoms with Crippen molar-refractivity contribution in [3.63, 3.8) is 0 Å². The largest absolute Gasteiger partial charge is 0.526 e. The molecule has 0 aliphatic rings. The lowest BCUT2D eigenvalue weighted by Gasteiger charge is -1.98. The van der Waals surface area contributed by atoms with Gasteiger partial charge in [-0.3, -0.25) is 14.6 Å². The maximum atomic E-state index is 9.74. The quantitative estimate of drug-likeness (QED) is 0.283. The van der Waals surface area contributed by atoms with E-state index in [1.807, 2.05) is 0 Å². The van der Waals surface area contributed by atoms with Crippen molar-refractivity contribution in [1.29, 1.82) is 0 Å². The standard InChI is InChI=1S/C4H11NO2.C2H5O5P/c6-3-1-5-2-4-7;1-2(3)7-8(4,5)6/h5-7H,1-4H2;1H3,(H2,4,5,6). The molecule has 8 nitrogen and oxygen atoms in total. The van der Waals surface area contributed by atoms with Crippen molar-refractivity contribution in [2.75, 3.05) is 26.3 Å². The fourth-order valence-electron chi connectivity index (χ4n) is 0.451. The molecule has 0 aromatic carbocycles. The zero-order valence-electron chi connectivity index (χ0n) is 8.29. The smallest absolute Gasteiger partial charge is 0.395 e. The van der Waals surface area contributed by atoms with Gasteiger partial charge in [0.25, 0.3) is 0 Å². The van der Waals surface area contributed by atoms with Crippen LogP contribution in [0.25, 0.3) is 0 Å². The normalized spacial score (nSPS) is 10.2. The van der Waals surface area contributed by atoms with Gasteiger partial charge in [0.2, 0.25) is 0 Å². The van der Waals surface area contributed by atoms with E-state index in [1.54, 1.807) is 0 Å². The summed E-state index contributed by atoms with van der Waals surface area (Å²) in [6.07, 6.45) is 0. The molecular weight excluding hydrogens is 229 g/mol. The molecule has 0 atom stereocenters. The van der Waals surface area contributed by atoms with Crippen LogP contribution in [0.4, 0.5) is 0 Å². The molecule has 0 aromatic heterocycles. The predicted octanol–water partition coefficient (Wildman–Crippen LogP) is -1.80. The van der Waals surface area contributed by atoms with Crippen LogP contribution in [0, 0.1) is 0 Å². The van der Waals surface area contributed by atoms with E-state index in [0.29, 0.717) is 13.1 Å². The first-order valence-electron chi connectivity index (χ1n) is 4.01. The van der Waals surface area contributed by atoms with Gasteiger partial charge < -0.3 is 20.1 Å². The molecular formula is C6H16NO7P. The number of aliphatic hydroxyl groups excluding tert-OH is 2. The number of hydrogen-bond acceptors (Lipinski definition) is 6. The van der Waals surface area contributed by atoms with Gasteiger partial charge in [-0.25, -0.2) is 4.57 Å². The highest BCUT2D eigenvalue weighted by molar-refractivity contribution is 7.46. The molecule has 0 unspecified atom stereocenters. The van der Waals surface area contributed by atoms with Crippen LogP contribution in [0.3, 0.4) is 0 Å². The van der Waals surface area contributed by atoms with Gasteiger partial charge in [-0.05, 0) is 0 Å². The number of carbonyl (C=O) groups excluding carboxylic acids is 1. The van der Waals surface area contributed by atoms with Gasteiger partial charge in [0.15, 0.2) is 0 Å². The van der Waals surface area contributed by atoms with E-state index in [2.05, 4.69) is 9.84 Å². The van der Waals surface area contributed by atoms with Crippen molar-refractivity contribution < 1.29 is 33.9 Å². The zero-order chi connectivity index (χ0) is 12.3. The Bertz CT molecular complexity index is 200. The Labute approximate surface area is 87.1 Å². The predicted molar refractivity (Wildman–Crippen MR) is 50.9 cm³/mol.